The van der Waals surface area contributed by atoms with Crippen LogP contribution in [0.15, 0.2) is 35.3 Å². The van der Waals surface area contributed by atoms with Gasteiger partial charge in [0.2, 0.25) is 0 Å². The van der Waals surface area contributed by atoms with Crippen molar-refractivity contribution in [3.05, 3.63) is 52.8 Å². The van der Waals surface area contributed by atoms with Crippen LogP contribution in [0.5, 0.6) is 0 Å². The number of aliphatic imine (C=N–C) groups is 1. The van der Waals surface area contributed by atoms with Gasteiger partial charge in [0.15, 0.2) is 5.96 Å². The third-order valence-corrected chi connectivity index (χ3v) is 5.99. The summed E-state index contributed by atoms with van der Waals surface area (Å²) < 4.78 is 1.94. The minimum Gasteiger partial charge on any atom is -0.356 e. The van der Waals surface area contributed by atoms with E-state index in [9.17, 15) is 0 Å². The number of hydrogen-bond acceptors (Lipinski definition) is 2. The van der Waals surface area contributed by atoms with Gasteiger partial charge in [-0.05, 0) is 56.9 Å². The summed E-state index contributed by atoms with van der Waals surface area (Å²) in [5.74, 6) is 2.34. The smallest absolute Gasteiger partial charge is 0.191 e. The number of aryl methyl sites for hydroxylation is 2. The van der Waals surface area contributed by atoms with Gasteiger partial charge in [-0.2, -0.15) is 5.10 Å². The molecule has 1 saturated carbocycles. The molecule has 1 fully saturated rings. The minimum atomic E-state index is 0.727. The van der Waals surface area contributed by atoms with Crippen molar-refractivity contribution in [3.63, 3.8) is 0 Å². The Hall–Kier alpha value is -2.30. The van der Waals surface area contributed by atoms with Gasteiger partial charge in [-0.15, -0.1) is 0 Å². The molecule has 1 aromatic heterocycles. The van der Waals surface area contributed by atoms with E-state index in [2.05, 4.69) is 64.9 Å². The van der Waals surface area contributed by atoms with E-state index in [4.69, 9.17) is 0 Å². The topological polar surface area (TPSA) is 54.2 Å². The summed E-state index contributed by atoms with van der Waals surface area (Å²) in [6.07, 6.45) is 5.14. The Kier molecular flexibility index (Phi) is 6.54. The molecule has 27 heavy (non-hydrogen) atoms. The van der Waals surface area contributed by atoms with Crippen LogP contribution in [-0.2, 0) is 13.6 Å². The molecule has 0 amide bonds. The lowest BCUT2D eigenvalue weighted by Crippen LogP contribution is -2.40. The van der Waals surface area contributed by atoms with Crippen molar-refractivity contribution in [1.82, 2.24) is 20.4 Å². The highest BCUT2D eigenvalue weighted by atomic mass is 15.3. The van der Waals surface area contributed by atoms with Crippen molar-refractivity contribution in [2.75, 3.05) is 13.6 Å². The standard InChI is InChI=1S/C22H33N5/c1-16-21(17(2)27(4)26-16)15-25-22(23-3)24-14-18-10-12-20(13-11-18)19-8-6-5-7-9-19/h5-9,18,20H,10-15H2,1-4H3,(H2,23,24,25). The predicted octanol–water partition coefficient (Wildman–Crippen LogP) is 3.68. The summed E-state index contributed by atoms with van der Waals surface area (Å²) in [6, 6.07) is 11.0. The number of nitrogens with zero attached hydrogens (tertiary/aromatic N) is 3. The monoisotopic (exact) mass is 367 g/mol. The number of nitrogens with one attached hydrogen (secondary N) is 2. The molecule has 5 nitrogen and oxygen atoms in total. The molecule has 1 aliphatic carbocycles. The van der Waals surface area contributed by atoms with E-state index >= 15 is 0 Å². The van der Waals surface area contributed by atoms with Gasteiger partial charge in [-0.3, -0.25) is 9.67 Å². The number of aromatic nitrogens is 2. The normalized spacial score (nSPS) is 20.5. The van der Waals surface area contributed by atoms with E-state index < -0.39 is 0 Å². The molecule has 0 spiro atoms. The molecule has 1 heterocycles. The first-order valence-electron chi connectivity index (χ1n) is 10.1. The summed E-state index contributed by atoms with van der Waals surface area (Å²) in [6.45, 7) is 5.92. The van der Waals surface area contributed by atoms with Gasteiger partial charge in [-0.25, -0.2) is 0 Å². The van der Waals surface area contributed by atoms with Crippen molar-refractivity contribution < 1.29 is 0 Å². The Labute approximate surface area is 163 Å². The highest BCUT2D eigenvalue weighted by Gasteiger charge is 2.22. The van der Waals surface area contributed by atoms with Gasteiger partial charge in [0.05, 0.1) is 5.69 Å². The van der Waals surface area contributed by atoms with Gasteiger partial charge < -0.3 is 10.6 Å². The largest absolute Gasteiger partial charge is 0.356 e. The number of guanidine groups is 1. The van der Waals surface area contributed by atoms with Crippen LogP contribution < -0.4 is 10.6 Å². The van der Waals surface area contributed by atoms with Crippen LogP contribution >= 0.6 is 0 Å². The fourth-order valence-electron chi connectivity index (χ4n) is 4.13. The van der Waals surface area contributed by atoms with Gasteiger partial charge >= 0.3 is 0 Å². The van der Waals surface area contributed by atoms with Crippen molar-refractivity contribution >= 4 is 5.96 Å². The van der Waals surface area contributed by atoms with Crippen molar-refractivity contribution in [1.29, 1.82) is 0 Å². The molecule has 5 heteroatoms. The molecule has 146 valence electrons. The molecule has 0 unspecified atom stereocenters. The highest BCUT2D eigenvalue weighted by molar-refractivity contribution is 5.79. The number of hydrogen-bond donors (Lipinski definition) is 2. The molecule has 0 bridgehead atoms. The highest BCUT2D eigenvalue weighted by Crippen LogP contribution is 2.35. The van der Waals surface area contributed by atoms with Crippen LogP contribution in [0.25, 0.3) is 0 Å². The van der Waals surface area contributed by atoms with Crippen LogP contribution in [0.3, 0.4) is 0 Å². The first-order valence-corrected chi connectivity index (χ1v) is 10.1. The fourth-order valence-corrected chi connectivity index (χ4v) is 4.13. The second kappa shape index (κ2) is 9.07. The van der Waals surface area contributed by atoms with Crippen molar-refractivity contribution in [2.24, 2.45) is 18.0 Å². The van der Waals surface area contributed by atoms with Crippen LogP contribution in [0.1, 0.15) is 54.1 Å². The molecule has 3 rings (SSSR count). The van der Waals surface area contributed by atoms with E-state index in [1.54, 1.807) is 0 Å². The number of rotatable bonds is 5. The zero-order valence-corrected chi connectivity index (χ0v) is 17.1. The van der Waals surface area contributed by atoms with Crippen LogP contribution in [0.4, 0.5) is 0 Å². The zero-order valence-electron chi connectivity index (χ0n) is 17.1. The Balaban J connectivity index is 1.44. The molecule has 1 aromatic carbocycles. The predicted molar refractivity (Wildman–Crippen MR) is 112 cm³/mol. The second-order valence-electron chi connectivity index (χ2n) is 7.71. The molecular formula is C22H33N5. The maximum Gasteiger partial charge on any atom is 0.191 e. The Morgan fingerprint density at radius 3 is 2.41 bits per heavy atom. The maximum atomic E-state index is 4.48. The Morgan fingerprint density at radius 1 is 1.11 bits per heavy atom. The molecule has 0 radical (unpaired) electrons. The average Bonchev–Trinajstić information content (AvgIpc) is 2.95. The van der Waals surface area contributed by atoms with E-state index in [-0.39, 0.29) is 0 Å². The fraction of sp³-hybridized carbons (Fsp3) is 0.545. The van der Waals surface area contributed by atoms with Crippen LogP contribution in [0.2, 0.25) is 0 Å². The molecule has 0 saturated heterocycles. The quantitative estimate of drug-likeness (QED) is 0.626. The maximum absolute atomic E-state index is 4.48. The van der Waals surface area contributed by atoms with Crippen molar-refractivity contribution in [2.45, 2.75) is 52.0 Å². The molecule has 0 atom stereocenters. The Bertz CT molecular complexity index is 755. The summed E-state index contributed by atoms with van der Waals surface area (Å²) in [4.78, 5) is 4.38. The second-order valence-corrected chi connectivity index (χ2v) is 7.71. The number of benzene rings is 1. The van der Waals surface area contributed by atoms with E-state index in [0.717, 1.165) is 36.6 Å². The first kappa shape index (κ1) is 19.5. The molecule has 1 aliphatic rings. The zero-order chi connectivity index (χ0) is 19.2. The summed E-state index contributed by atoms with van der Waals surface area (Å²) in [5.41, 5.74) is 5.04. The lowest BCUT2D eigenvalue weighted by molar-refractivity contribution is 0.324. The van der Waals surface area contributed by atoms with Gasteiger partial charge in [0, 0.05) is 38.4 Å². The summed E-state index contributed by atoms with van der Waals surface area (Å²) >= 11 is 0. The summed E-state index contributed by atoms with van der Waals surface area (Å²) in [5, 5.41) is 11.4. The average molecular weight is 368 g/mol. The van der Waals surface area contributed by atoms with Crippen LogP contribution in [-0.4, -0.2) is 29.3 Å². The van der Waals surface area contributed by atoms with Gasteiger partial charge in [0.25, 0.3) is 0 Å². The molecule has 2 N–H and O–H groups in total. The van der Waals surface area contributed by atoms with E-state index in [1.807, 2.05) is 18.8 Å². The minimum absolute atomic E-state index is 0.727. The van der Waals surface area contributed by atoms with Gasteiger partial charge in [0.1, 0.15) is 0 Å². The SMILES string of the molecule is CN=C(NCc1c(C)nn(C)c1C)NCC1CCC(c2ccccc2)CC1. The molecule has 0 aliphatic heterocycles. The third-order valence-electron chi connectivity index (χ3n) is 5.99. The lowest BCUT2D eigenvalue weighted by Gasteiger charge is -2.29. The lowest BCUT2D eigenvalue weighted by atomic mass is 9.79. The van der Waals surface area contributed by atoms with E-state index in [0.29, 0.717) is 0 Å². The van der Waals surface area contributed by atoms with Crippen molar-refractivity contribution in [3.8, 4) is 0 Å². The summed E-state index contributed by atoms with van der Waals surface area (Å²) in [7, 11) is 3.83. The van der Waals surface area contributed by atoms with Gasteiger partial charge in [-0.1, -0.05) is 30.3 Å². The van der Waals surface area contributed by atoms with Crippen LogP contribution in [0, 0.1) is 19.8 Å². The van der Waals surface area contributed by atoms with E-state index in [1.165, 1.54) is 42.5 Å². The first-order chi connectivity index (χ1) is 13.1. The Morgan fingerprint density at radius 2 is 1.81 bits per heavy atom. The molecular weight excluding hydrogens is 334 g/mol. The third kappa shape index (κ3) is 4.90. The molecule has 2 aromatic rings.